The topological polar surface area (TPSA) is 17.8 Å². The molecule has 3 heteroatoms. The van der Waals surface area contributed by atoms with E-state index in [1.54, 1.807) is 0 Å². The van der Waals surface area contributed by atoms with Crippen LogP contribution in [0, 0.1) is 0 Å². The van der Waals surface area contributed by atoms with Gasteiger partial charge in [-0.25, -0.2) is 0 Å². The lowest BCUT2D eigenvalue weighted by molar-refractivity contribution is 0.425. The zero-order valence-corrected chi connectivity index (χ0v) is 13.1. The molecule has 1 aromatic carbocycles. The van der Waals surface area contributed by atoms with Crippen molar-refractivity contribution >= 4 is 11.6 Å². The SMILES string of the molecule is CCC(CC)n1ccc(CCC(Cl)c2ccccc2)n1. The highest BCUT2D eigenvalue weighted by atomic mass is 35.5. The first-order valence-corrected chi connectivity index (χ1v) is 7.91. The Balaban J connectivity index is 1.91. The maximum absolute atomic E-state index is 6.45. The van der Waals surface area contributed by atoms with Gasteiger partial charge in [-0.3, -0.25) is 4.68 Å². The zero-order chi connectivity index (χ0) is 14.4. The van der Waals surface area contributed by atoms with Gasteiger partial charge in [0.05, 0.1) is 17.1 Å². The molecule has 108 valence electrons. The fourth-order valence-corrected chi connectivity index (χ4v) is 2.73. The molecule has 2 nitrogen and oxygen atoms in total. The Morgan fingerprint density at radius 3 is 2.45 bits per heavy atom. The van der Waals surface area contributed by atoms with Crippen molar-refractivity contribution in [3.8, 4) is 0 Å². The first-order valence-electron chi connectivity index (χ1n) is 7.47. The van der Waals surface area contributed by atoms with Crippen LogP contribution < -0.4 is 0 Å². The lowest BCUT2D eigenvalue weighted by atomic mass is 10.1. The molecule has 2 rings (SSSR count). The molecule has 0 N–H and O–H groups in total. The van der Waals surface area contributed by atoms with Crippen molar-refractivity contribution in [1.29, 1.82) is 0 Å². The molecule has 0 spiro atoms. The Hall–Kier alpha value is -1.28. The summed E-state index contributed by atoms with van der Waals surface area (Å²) < 4.78 is 2.10. The van der Waals surface area contributed by atoms with E-state index in [-0.39, 0.29) is 5.38 Å². The zero-order valence-electron chi connectivity index (χ0n) is 12.3. The first kappa shape index (κ1) is 15.1. The summed E-state index contributed by atoms with van der Waals surface area (Å²) in [5, 5.41) is 4.74. The largest absolute Gasteiger partial charge is 0.269 e. The van der Waals surface area contributed by atoms with Gasteiger partial charge in [-0.05, 0) is 37.3 Å². The molecule has 0 aliphatic heterocycles. The summed E-state index contributed by atoms with van der Waals surface area (Å²) in [6.07, 6.45) is 6.19. The van der Waals surface area contributed by atoms with Crippen molar-refractivity contribution in [2.24, 2.45) is 0 Å². The van der Waals surface area contributed by atoms with E-state index in [1.165, 1.54) is 5.56 Å². The number of benzene rings is 1. The molecule has 0 saturated heterocycles. The van der Waals surface area contributed by atoms with E-state index in [9.17, 15) is 0 Å². The lowest BCUT2D eigenvalue weighted by Crippen LogP contribution is -2.08. The summed E-state index contributed by atoms with van der Waals surface area (Å²) in [6, 6.07) is 12.9. The number of hydrogen-bond acceptors (Lipinski definition) is 1. The van der Waals surface area contributed by atoms with Crippen LogP contribution in [0.15, 0.2) is 42.6 Å². The van der Waals surface area contributed by atoms with Crippen LogP contribution >= 0.6 is 11.6 Å². The minimum Gasteiger partial charge on any atom is -0.269 e. The molecule has 0 bridgehead atoms. The van der Waals surface area contributed by atoms with Crippen LogP contribution in [0.4, 0.5) is 0 Å². The normalized spacial score (nSPS) is 12.8. The van der Waals surface area contributed by atoms with Gasteiger partial charge >= 0.3 is 0 Å². The highest BCUT2D eigenvalue weighted by Gasteiger charge is 2.11. The molecule has 0 radical (unpaired) electrons. The first-order chi connectivity index (χ1) is 9.74. The number of alkyl halides is 1. The van der Waals surface area contributed by atoms with Crippen molar-refractivity contribution in [2.45, 2.75) is 50.9 Å². The summed E-state index contributed by atoms with van der Waals surface area (Å²) in [4.78, 5) is 0. The predicted octanol–water partition coefficient (Wildman–Crippen LogP) is 5.16. The van der Waals surface area contributed by atoms with Crippen molar-refractivity contribution in [3.05, 3.63) is 53.9 Å². The number of aromatic nitrogens is 2. The van der Waals surface area contributed by atoms with Crippen LogP contribution in [0.2, 0.25) is 0 Å². The molecule has 0 fully saturated rings. The average molecular weight is 291 g/mol. The third-order valence-corrected chi connectivity index (χ3v) is 4.27. The van der Waals surface area contributed by atoms with Crippen molar-refractivity contribution in [3.63, 3.8) is 0 Å². The molecule has 1 unspecified atom stereocenters. The van der Waals surface area contributed by atoms with E-state index >= 15 is 0 Å². The van der Waals surface area contributed by atoms with E-state index in [4.69, 9.17) is 11.6 Å². The van der Waals surface area contributed by atoms with Gasteiger partial charge in [0.25, 0.3) is 0 Å². The summed E-state index contributed by atoms with van der Waals surface area (Å²) >= 11 is 6.45. The molecule has 1 heterocycles. The Bertz CT molecular complexity index is 503. The predicted molar refractivity (Wildman–Crippen MR) is 85.2 cm³/mol. The van der Waals surface area contributed by atoms with E-state index < -0.39 is 0 Å². The third-order valence-electron chi connectivity index (χ3n) is 3.80. The summed E-state index contributed by atoms with van der Waals surface area (Å²) in [5.74, 6) is 0. The van der Waals surface area contributed by atoms with Crippen LogP contribution in [0.1, 0.15) is 55.8 Å². The highest BCUT2D eigenvalue weighted by Crippen LogP contribution is 2.25. The Kier molecular flexibility index (Phi) is 5.66. The summed E-state index contributed by atoms with van der Waals surface area (Å²) in [6.45, 7) is 4.42. The Morgan fingerprint density at radius 2 is 1.80 bits per heavy atom. The fraction of sp³-hybridized carbons (Fsp3) is 0.471. The highest BCUT2D eigenvalue weighted by molar-refractivity contribution is 6.20. The molecule has 0 amide bonds. The van der Waals surface area contributed by atoms with Crippen molar-refractivity contribution in [2.75, 3.05) is 0 Å². The molecule has 2 aromatic rings. The summed E-state index contributed by atoms with van der Waals surface area (Å²) in [5.41, 5.74) is 2.33. The average Bonchev–Trinajstić information content (AvgIpc) is 2.96. The molecule has 20 heavy (non-hydrogen) atoms. The fourth-order valence-electron chi connectivity index (χ4n) is 2.48. The van der Waals surface area contributed by atoms with Gasteiger partial charge in [-0.1, -0.05) is 44.2 Å². The molecule has 0 saturated carbocycles. The molecule has 0 aliphatic carbocycles. The van der Waals surface area contributed by atoms with E-state index in [1.807, 2.05) is 18.2 Å². The van der Waals surface area contributed by atoms with E-state index in [0.717, 1.165) is 31.4 Å². The van der Waals surface area contributed by atoms with Crippen molar-refractivity contribution in [1.82, 2.24) is 9.78 Å². The van der Waals surface area contributed by atoms with Gasteiger partial charge in [0.15, 0.2) is 0 Å². The Labute approximate surface area is 126 Å². The molecular weight excluding hydrogens is 268 g/mol. The number of nitrogens with zero attached hydrogens (tertiary/aromatic N) is 2. The third kappa shape index (κ3) is 3.86. The number of aryl methyl sites for hydroxylation is 1. The van der Waals surface area contributed by atoms with E-state index in [0.29, 0.717) is 6.04 Å². The quantitative estimate of drug-likeness (QED) is 0.644. The van der Waals surface area contributed by atoms with Crippen LogP contribution in [0.5, 0.6) is 0 Å². The second kappa shape index (κ2) is 7.49. The minimum atomic E-state index is 0.0643. The van der Waals surface area contributed by atoms with Gasteiger partial charge in [-0.2, -0.15) is 5.10 Å². The van der Waals surface area contributed by atoms with Gasteiger partial charge in [0, 0.05) is 6.20 Å². The standard InChI is InChI=1S/C17H23ClN2/c1-3-16(4-2)20-13-12-15(19-20)10-11-17(18)14-8-6-5-7-9-14/h5-9,12-13,16-17H,3-4,10-11H2,1-2H3. The molecule has 1 aromatic heterocycles. The smallest absolute Gasteiger partial charge is 0.0625 e. The number of hydrogen-bond donors (Lipinski definition) is 0. The maximum atomic E-state index is 6.45. The second-order valence-electron chi connectivity index (χ2n) is 5.17. The van der Waals surface area contributed by atoms with Crippen LogP contribution in [0.3, 0.4) is 0 Å². The van der Waals surface area contributed by atoms with Gasteiger partial charge in [0.1, 0.15) is 0 Å². The van der Waals surface area contributed by atoms with Crippen LogP contribution in [-0.2, 0) is 6.42 Å². The maximum Gasteiger partial charge on any atom is 0.0625 e. The molecule has 0 aliphatic rings. The van der Waals surface area contributed by atoms with E-state index in [2.05, 4.69) is 48.0 Å². The monoisotopic (exact) mass is 290 g/mol. The van der Waals surface area contributed by atoms with Crippen LogP contribution in [0.25, 0.3) is 0 Å². The molecular formula is C17H23ClN2. The van der Waals surface area contributed by atoms with Gasteiger partial charge in [0.2, 0.25) is 0 Å². The lowest BCUT2D eigenvalue weighted by Gasteiger charge is -2.12. The minimum absolute atomic E-state index is 0.0643. The Morgan fingerprint density at radius 1 is 1.10 bits per heavy atom. The van der Waals surface area contributed by atoms with Crippen LogP contribution in [-0.4, -0.2) is 9.78 Å². The number of halogens is 1. The number of rotatable bonds is 7. The van der Waals surface area contributed by atoms with Gasteiger partial charge in [-0.15, -0.1) is 11.6 Å². The molecule has 1 atom stereocenters. The summed E-state index contributed by atoms with van der Waals surface area (Å²) in [7, 11) is 0. The van der Waals surface area contributed by atoms with Crippen molar-refractivity contribution < 1.29 is 0 Å². The second-order valence-corrected chi connectivity index (χ2v) is 5.70. The van der Waals surface area contributed by atoms with Gasteiger partial charge < -0.3 is 0 Å².